The number of nitrogens with zero attached hydrogens (tertiary/aromatic N) is 1. The van der Waals surface area contributed by atoms with Crippen molar-refractivity contribution >= 4 is 10.2 Å². The van der Waals surface area contributed by atoms with E-state index in [1.54, 1.807) is 6.92 Å². The molecule has 0 aromatic carbocycles. The van der Waals surface area contributed by atoms with E-state index in [0.29, 0.717) is 0 Å². The molecule has 0 amide bonds. The molecule has 0 saturated carbocycles. The SMILES string of the molecule is CC(C#N)CNS(N)(=O)=O. The summed E-state index contributed by atoms with van der Waals surface area (Å²) in [6.45, 7) is 1.66. The number of nitriles is 1. The van der Waals surface area contributed by atoms with E-state index in [0.717, 1.165) is 0 Å². The number of nitrogens with one attached hydrogen (secondary N) is 1. The lowest BCUT2D eigenvalue weighted by atomic mass is 10.2. The fraction of sp³-hybridized carbons (Fsp3) is 0.750. The van der Waals surface area contributed by atoms with Crippen LogP contribution < -0.4 is 9.86 Å². The van der Waals surface area contributed by atoms with Crippen LogP contribution in [0.3, 0.4) is 0 Å². The van der Waals surface area contributed by atoms with Gasteiger partial charge in [0.15, 0.2) is 0 Å². The Bertz CT molecular complexity index is 227. The van der Waals surface area contributed by atoms with Crippen molar-refractivity contribution in [2.75, 3.05) is 6.54 Å². The second kappa shape index (κ2) is 3.51. The number of rotatable bonds is 3. The van der Waals surface area contributed by atoms with Crippen molar-refractivity contribution in [3.8, 4) is 6.07 Å². The molecule has 0 aliphatic heterocycles. The van der Waals surface area contributed by atoms with Crippen molar-refractivity contribution < 1.29 is 8.42 Å². The van der Waals surface area contributed by atoms with Gasteiger partial charge in [-0.15, -0.1) is 0 Å². The van der Waals surface area contributed by atoms with E-state index in [1.807, 2.05) is 10.8 Å². The Hall–Kier alpha value is -0.640. The molecule has 0 bridgehead atoms. The minimum Gasteiger partial charge on any atom is -0.216 e. The fourth-order valence-corrected chi connectivity index (χ4v) is 0.769. The van der Waals surface area contributed by atoms with Gasteiger partial charge in [0, 0.05) is 6.54 Å². The zero-order valence-electron chi connectivity index (χ0n) is 5.53. The fourth-order valence-electron chi connectivity index (χ4n) is 0.287. The highest BCUT2D eigenvalue weighted by molar-refractivity contribution is 7.87. The molecule has 0 fully saturated rings. The molecule has 0 aromatic rings. The van der Waals surface area contributed by atoms with Crippen LogP contribution in [0.2, 0.25) is 0 Å². The summed E-state index contributed by atoms with van der Waals surface area (Å²) < 4.78 is 22.4. The van der Waals surface area contributed by atoms with E-state index in [4.69, 9.17) is 5.26 Å². The summed E-state index contributed by atoms with van der Waals surface area (Å²) in [5.41, 5.74) is 0. The highest BCUT2D eigenvalue weighted by Gasteiger charge is 2.03. The Labute approximate surface area is 60.0 Å². The first kappa shape index (κ1) is 9.36. The summed E-state index contributed by atoms with van der Waals surface area (Å²) in [4.78, 5) is 0. The van der Waals surface area contributed by atoms with Crippen molar-refractivity contribution in [2.24, 2.45) is 11.1 Å². The molecule has 1 unspecified atom stereocenters. The van der Waals surface area contributed by atoms with Crippen molar-refractivity contribution in [3.05, 3.63) is 0 Å². The van der Waals surface area contributed by atoms with Gasteiger partial charge in [0.05, 0.1) is 12.0 Å². The van der Waals surface area contributed by atoms with Gasteiger partial charge in [-0.3, -0.25) is 0 Å². The van der Waals surface area contributed by atoms with Crippen LogP contribution in [0, 0.1) is 17.2 Å². The van der Waals surface area contributed by atoms with Gasteiger partial charge in [0.1, 0.15) is 0 Å². The smallest absolute Gasteiger partial charge is 0.216 e. The summed E-state index contributed by atoms with van der Waals surface area (Å²) in [6.07, 6.45) is 0. The Morgan fingerprint density at radius 3 is 2.60 bits per heavy atom. The maximum absolute atomic E-state index is 10.2. The number of hydrogen-bond donors (Lipinski definition) is 2. The van der Waals surface area contributed by atoms with Gasteiger partial charge in [-0.25, -0.2) is 9.86 Å². The Balaban J connectivity index is 3.70. The molecule has 0 rings (SSSR count). The normalized spacial score (nSPS) is 14.1. The number of nitrogens with two attached hydrogens (primary N) is 1. The number of hydrogen-bond acceptors (Lipinski definition) is 3. The quantitative estimate of drug-likeness (QED) is 0.555. The third-order valence-corrected chi connectivity index (χ3v) is 1.38. The predicted molar refractivity (Wildman–Crippen MR) is 35.9 cm³/mol. The molecular weight excluding hydrogens is 154 g/mol. The Kier molecular flexibility index (Phi) is 3.28. The van der Waals surface area contributed by atoms with Crippen LogP contribution in [0.4, 0.5) is 0 Å². The Morgan fingerprint density at radius 1 is 1.80 bits per heavy atom. The molecule has 0 aliphatic rings. The van der Waals surface area contributed by atoms with Crippen LogP contribution >= 0.6 is 0 Å². The lowest BCUT2D eigenvalue weighted by Gasteiger charge is -2.00. The zero-order valence-corrected chi connectivity index (χ0v) is 6.35. The molecular formula is C4H9N3O2S. The first-order valence-electron chi connectivity index (χ1n) is 2.62. The standard InChI is InChI=1S/C4H9N3O2S/c1-4(2-5)3-7-10(6,8)9/h4,7H,3H2,1H3,(H2,6,8,9). The molecule has 0 spiro atoms. The van der Waals surface area contributed by atoms with Crippen LogP contribution in [-0.2, 0) is 10.2 Å². The van der Waals surface area contributed by atoms with Crippen LogP contribution in [0.1, 0.15) is 6.92 Å². The van der Waals surface area contributed by atoms with Crippen molar-refractivity contribution in [1.29, 1.82) is 5.26 Å². The lowest BCUT2D eigenvalue weighted by molar-refractivity contribution is 0.574. The van der Waals surface area contributed by atoms with Gasteiger partial charge in [-0.2, -0.15) is 13.7 Å². The van der Waals surface area contributed by atoms with Gasteiger partial charge >= 0.3 is 0 Å². The molecule has 58 valence electrons. The van der Waals surface area contributed by atoms with E-state index in [1.165, 1.54) is 0 Å². The molecule has 6 heteroatoms. The molecule has 10 heavy (non-hydrogen) atoms. The zero-order chi connectivity index (χ0) is 8.20. The summed E-state index contributed by atoms with van der Waals surface area (Å²) in [5.74, 6) is -0.349. The minimum atomic E-state index is -3.63. The third-order valence-electron chi connectivity index (χ3n) is 0.811. The van der Waals surface area contributed by atoms with Crippen molar-refractivity contribution in [3.63, 3.8) is 0 Å². The first-order valence-corrected chi connectivity index (χ1v) is 4.17. The second-order valence-electron chi connectivity index (χ2n) is 1.92. The molecule has 0 radical (unpaired) electrons. The van der Waals surface area contributed by atoms with Crippen LogP contribution in [-0.4, -0.2) is 15.0 Å². The average molecular weight is 163 g/mol. The maximum Gasteiger partial charge on any atom is 0.274 e. The van der Waals surface area contributed by atoms with Gasteiger partial charge in [-0.05, 0) is 6.92 Å². The van der Waals surface area contributed by atoms with E-state index >= 15 is 0 Å². The molecule has 0 heterocycles. The first-order chi connectivity index (χ1) is 4.45. The van der Waals surface area contributed by atoms with Gasteiger partial charge in [0.25, 0.3) is 10.2 Å². The molecule has 1 atom stereocenters. The molecule has 5 nitrogen and oxygen atoms in total. The van der Waals surface area contributed by atoms with Crippen LogP contribution in [0.5, 0.6) is 0 Å². The molecule has 0 aliphatic carbocycles. The molecule has 0 saturated heterocycles. The van der Waals surface area contributed by atoms with Gasteiger partial charge in [-0.1, -0.05) is 0 Å². The Morgan fingerprint density at radius 2 is 2.30 bits per heavy atom. The van der Waals surface area contributed by atoms with Crippen molar-refractivity contribution in [2.45, 2.75) is 6.92 Å². The van der Waals surface area contributed by atoms with Crippen LogP contribution in [0.15, 0.2) is 0 Å². The maximum atomic E-state index is 10.2. The predicted octanol–water partition coefficient (Wildman–Crippen LogP) is -1.06. The monoisotopic (exact) mass is 163 g/mol. The van der Waals surface area contributed by atoms with Crippen molar-refractivity contribution in [1.82, 2.24) is 4.72 Å². The van der Waals surface area contributed by atoms with Crippen LogP contribution in [0.25, 0.3) is 0 Å². The summed E-state index contributed by atoms with van der Waals surface area (Å²) in [7, 11) is -3.63. The highest BCUT2D eigenvalue weighted by atomic mass is 32.2. The van der Waals surface area contributed by atoms with Gasteiger partial charge in [0.2, 0.25) is 0 Å². The van der Waals surface area contributed by atoms with E-state index in [2.05, 4.69) is 5.14 Å². The summed E-state index contributed by atoms with van der Waals surface area (Å²) in [6, 6.07) is 1.86. The molecule has 0 aromatic heterocycles. The minimum absolute atomic E-state index is 0.0648. The van der Waals surface area contributed by atoms with E-state index < -0.39 is 10.2 Å². The average Bonchev–Trinajstić information content (AvgIpc) is 1.81. The lowest BCUT2D eigenvalue weighted by Crippen LogP contribution is -2.33. The van der Waals surface area contributed by atoms with E-state index in [9.17, 15) is 8.42 Å². The summed E-state index contributed by atoms with van der Waals surface area (Å²) >= 11 is 0. The largest absolute Gasteiger partial charge is 0.274 e. The van der Waals surface area contributed by atoms with Gasteiger partial charge < -0.3 is 0 Å². The van der Waals surface area contributed by atoms with E-state index in [-0.39, 0.29) is 12.5 Å². The highest BCUT2D eigenvalue weighted by Crippen LogP contribution is 1.87. The second-order valence-corrected chi connectivity index (χ2v) is 3.30. The topological polar surface area (TPSA) is 96.0 Å². The third kappa shape index (κ3) is 5.50. The molecule has 3 N–H and O–H groups in total. The summed E-state index contributed by atoms with van der Waals surface area (Å²) in [5, 5.41) is 12.8.